The first-order chi connectivity index (χ1) is 16.6. The highest BCUT2D eigenvalue weighted by atomic mass is 35.5. The lowest BCUT2D eigenvalue weighted by molar-refractivity contribution is 0.122. The van der Waals surface area contributed by atoms with Crippen molar-refractivity contribution in [1.82, 2.24) is 20.3 Å². The molecule has 0 unspecified atom stereocenters. The third kappa shape index (κ3) is 5.11. The second-order valence-electron chi connectivity index (χ2n) is 9.33. The van der Waals surface area contributed by atoms with Crippen LogP contribution in [0.5, 0.6) is 5.88 Å². The summed E-state index contributed by atoms with van der Waals surface area (Å²) >= 11 is 6.29. The van der Waals surface area contributed by atoms with Gasteiger partial charge in [0.1, 0.15) is 6.10 Å². The van der Waals surface area contributed by atoms with E-state index in [1.54, 1.807) is 0 Å². The maximum absolute atomic E-state index is 10.00. The number of ether oxygens (including phenoxy) is 1. The first kappa shape index (κ1) is 23.3. The van der Waals surface area contributed by atoms with Crippen molar-refractivity contribution in [2.45, 2.75) is 70.0 Å². The van der Waals surface area contributed by atoms with Crippen LogP contribution >= 0.6 is 11.6 Å². The van der Waals surface area contributed by atoms with Crippen LogP contribution in [0.25, 0.3) is 10.9 Å². The number of piperidine rings is 1. The Hall–Kier alpha value is -2.48. The van der Waals surface area contributed by atoms with Gasteiger partial charge in [0.2, 0.25) is 11.8 Å². The lowest BCUT2D eigenvalue weighted by atomic mass is 9.83. The zero-order valence-corrected chi connectivity index (χ0v) is 20.3. The summed E-state index contributed by atoms with van der Waals surface area (Å²) in [6.07, 6.45) is 9.93. The number of aromatic nitrogens is 3. The smallest absolute Gasteiger partial charge is 0.227 e. The van der Waals surface area contributed by atoms with Crippen LogP contribution in [-0.4, -0.2) is 45.4 Å². The van der Waals surface area contributed by atoms with Crippen molar-refractivity contribution in [2.24, 2.45) is 0 Å². The number of halogens is 1. The minimum Gasteiger partial charge on any atom is -0.474 e. The number of anilines is 2. The summed E-state index contributed by atoms with van der Waals surface area (Å²) in [5.41, 5.74) is 3.97. The average Bonchev–Trinajstić information content (AvgIpc) is 2.86. The minimum absolute atomic E-state index is 0.145. The lowest BCUT2D eigenvalue weighted by Crippen LogP contribution is -2.34. The summed E-state index contributed by atoms with van der Waals surface area (Å²) in [6.45, 7) is 3.99. The Morgan fingerprint density at radius 2 is 1.88 bits per heavy atom. The van der Waals surface area contributed by atoms with Gasteiger partial charge in [0.15, 0.2) is 0 Å². The van der Waals surface area contributed by atoms with Gasteiger partial charge in [-0.25, -0.2) is 15.0 Å². The highest BCUT2D eigenvalue weighted by molar-refractivity contribution is 6.31. The van der Waals surface area contributed by atoms with Crippen LogP contribution in [0.4, 0.5) is 11.6 Å². The van der Waals surface area contributed by atoms with E-state index in [-0.39, 0.29) is 12.2 Å². The van der Waals surface area contributed by atoms with Gasteiger partial charge in [-0.05, 0) is 87.7 Å². The maximum atomic E-state index is 10.00. The van der Waals surface area contributed by atoms with Crippen molar-refractivity contribution >= 4 is 34.1 Å². The molecule has 1 saturated carbocycles. The predicted molar refractivity (Wildman–Crippen MR) is 135 cm³/mol. The summed E-state index contributed by atoms with van der Waals surface area (Å²) in [5, 5.41) is 18.3. The Kier molecular flexibility index (Phi) is 7.13. The Balaban J connectivity index is 1.50. The monoisotopic (exact) mass is 481 g/mol. The average molecular weight is 482 g/mol. The van der Waals surface area contributed by atoms with E-state index in [0.29, 0.717) is 17.7 Å². The van der Waals surface area contributed by atoms with E-state index < -0.39 is 0 Å². The van der Waals surface area contributed by atoms with Gasteiger partial charge in [0.25, 0.3) is 0 Å². The largest absolute Gasteiger partial charge is 0.474 e. The SMILES string of the molecule is CCc1cc(Nc2ncc3c(OC4CCNCC4)ncc(C4CCC(O)CC4)c3n2)ccc1Cl. The molecule has 0 radical (unpaired) electrons. The van der Waals surface area contributed by atoms with E-state index in [9.17, 15) is 5.11 Å². The number of aliphatic hydroxyl groups is 1. The summed E-state index contributed by atoms with van der Waals surface area (Å²) in [7, 11) is 0. The molecule has 0 spiro atoms. The molecular formula is C26H32ClN5O2. The molecule has 2 aromatic heterocycles. The molecule has 3 N–H and O–H groups in total. The molecule has 3 heterocycles. The first-order valence-corrected chi connectivity index (χ1v) is 12.7. The molecule has 7 nitrogen and oxygen atoms in total. The predicted octanol–water partition coefficient (Wildman–Crippen LogP) is 5.13. The van der Waals surface area contributed by atoms with E-state index in [1.807, 2.05) is 30.6 Å². The number of benzene rings is 1. The number of nitrogens with one attached hydrogen (secondary N) is 2. The third-order valence-corrected chi connectivity index (χ3v) is 7.37. The summed E-state index contributed by atoms with van der Waals surface area (Å²) in [6, 6.07) is 5.88. The van der Waals surface area contributed by atoms with Gasteiger partial charge in [-0.3, -0.25) is 0 Å². The molecule has 1 aromatic carbocycles. The fraction of sp³-hybridized carbons (Fsp3) is 0.500. The van der Waals surface area contributed by atoms with E-state index in [4.69, 9.17) is 26.3 Å². The van der Waals surface area contributed by atoms with Crippen LogP contribution in [0.15, 0.2) is 30.6 Å². The number of hydrogen-bond donors (Lipinski definition) is 3. The fourth-order valence-electron chi connectivity index (χ4n) is 4.98. The van der Waals surface area contributed by atoms with Gasteiger partial charge < -0.3 is 20.5 Å². The number of hydrogen-bond acceptors (Lipinski definition) is 7. The lowest BCUT2D eigenvalue weighted by Gasteiger charge is -2.27. The van der Waals surface area contributed by atoms with Crippen LogP contribution < -0.4 is 15.4 Å². The van der Waals surface area contributed by atoms with E-state index in [1.165, 1.54) is 0 Å². The van der Waals surface area contributed by atoms with Crippen molar-refractivity contribution in [3.8, 4) is 5.88 Å². The van der Waals surface area contributed by atoms with Gasteiger partial charge >= 0.3 is 0 Å². The molecule has 0 bridgehead atoms. The van der Waals surface area contributed by atoms with E-state index in [0.717, 1.165) is 90.8 Å². The topological polar surface area (TPSA) is 92.2 Å². The molecule has 34 heavy (non-hydrogen) atoms. The molecule has 1 aliphatic carbocycles. The highest BCUT2D eigenvalue weighted by Crippen LogP contribution is 2.38. The van der Waals surface area contributed by atoms with Gasteiger partial charge in [-0.1, -0.05) is 18.5 Å². The summed E-state index contributed by atoms with van der Waals surface area (Å²) in [5.74, 6) is 1.46. The van der Waals surface area contributed by atoms with Crippen molar-refractivity contribution < 1.29 is 9.84 Å². The van der Waals surface area contributed by atoms with Gasteiger partial charge in [0, 0.05) is 28.7 Å². The van der Waals surface area contributed by atoms with Crippen LogP contribution in [0.1, 0.15) is 62.5 Å². The molecule has 2 aliphatic rings. The molecule has 5 rings (SSSR count). The quantitative estimate of drug-likeness (QED) is 0.449. The molecule has 1 saturated heterocycles. The second-order valence-corrected chi connectivity index (χ2v) is 9.74. The van der Waals surface area contributed by atoms with Gasteiger partial charge in [-0.15, -0.1) is 0 Å². The number of nitrogens with zero attached hydrogens (tertiary/aromatic N) is 3. The molecule has 3 aromatic rings. The molecule has 180 valence electrons. The number of rotatable bonds is 6. The normalized spacial score (nSPS) is 21.5. The van der Waals surface area contributed by atoms with Crippen molar-refractivity contribution in [1.29, 1.82) is 0 Å². The molecule has 0 amide bonds. The summed E-state index contributed by atoms with van der Waals surface area (Å²) in [4.78, 5) is 14.3. The maximum Gasteiger partial charge on any atom is 0.227 e. The molecular weight excluding hydrogens is 450 g/mol. The molecule has 0 atom stereocenters. The van der Waals surface area contributed by atoms with Crippen molar-refractivity contribution in [3.05, 3.63) is 46.7 Å². The Labute approximate surface area is 205 Å². The van der Waals surface area contributed by atoms with Gasteiger partial charge in [-0.2, -0.15) is 0 Å². The van der Waals surface area contributed by atoms with Crippen LogP contribution in [0, 0.1) is 0 Å². The van der Waals surface area contributed by atoms with E-state index >= 15 is 0 Å². The number of pyridine rings is 1. The van der Waals surface area contributed by atoms with Crippen LogP contribution in [0.2, 0.25) is 5.02 Å². The second kappa shape index (κ2) is 10.4. The number of aryl methyl sites for hydroxylation is 1. The molecule has 1 aliphatic heterocycles. The minimum atomic E-state index is -0.206. The standard InChI is InChI=1S/C26H32ClN5O2/c1-2-16-13-18(5-8-23(16)27)31-26-30-15-22-24(32-26)21(17-3-6-19(33)7-4-17)14-29-25(22)34-20-9-11-28-12-10-20/h5,8,13-15,17,19-20,28,33H,2-4,6-7,9-12H2,1H3,(H,30,31,32). The highest BCUT2D eigenvalue weighted by Gasteiger charge is 2.25. The van der Waals surface area contributed by atoms with Gasteiger partial charge in [0.05, 0.1) is 17.0 Å². The van der Waals surface area contributed by atoms with Crippen LogP contribution in [0.3, 0.4) is 0 Å². The zero-order valence-electron chi connectivity index (χ0n) is 19.6. The van der Waals surface area contributed by atoms with Crippen molar-refractivity contribution in [2.75, 3.05) is 18.4 Å². The molecule has 2 fully saturated rings. The third-order valence-electron chi connectivity index (χ3n) is 7.00. The van der Waals surface area contributed by atoms with E-state index in [2.05, 4.69) is 22.5 Å². The zero-order chi connectivity index (χ0) is 23.5. The Bertz CT molecular complexity index is 1140. The summed E-state index contributed by atoms with van der Waals surface area (Å²) < 4.78 is 6.32. The van der Waals surface area contributed by atoms with Crippen molar-refractivity contribution in [3.63, 3.8) is 0 Å². The Morgan fingerprint density at radius 1 is 1.09 bits per heavy atom. The van der Waals surface area contributed by atoms with Crippen LogP contribution in [-0.2, 0) is 6.42 Å². The number of aliphatic hydroxyl groups excluding tert-OH is 1. The molecule has 8 heteroatoms. The number of fused-ring (bicyclic) bond motifs is 1. The fourth-order valence-corrected chi connectivity index (χ4v) is 5.23. The first-order valence-electron chi connectivity index (χ1n) is 12.4. The Morgan fingerprint density at radius 3 is 2.65 bits per heavy atom.